The molecule has 90 valence electrons. The highest BCUT2D eigenvalue weighted by atomic mass is 14.6. The van der Waals surface area contributed by atoms with E-state index in [4.69, 9.17) is 5.73 Å². The van der Waals surface area contributed by atoms with Crippen LogP contribution < -0.4 is 5.73 Å². The summed E-state index contributed by atoms with van der Waals surface area (Å²) in [6.45, 7) is 4.41. The second-order valence-corrected chi connectivity index (χ2v) is 4.74. The molecule has 1 aromatic carbocycles. The highest BCUT2D eigenvalue weighted by Crippen LogP contribution is 2.12. The summed E-state index contributed by atoms with van der Waals surface area (Å²) in [5, 5.41) is 0. The molecule has 1 unspecified atom stereocenters. The van der Waals surface area contributed by atoms with Gasteiger partial charge in [-0.2, -0.15) is 0 Å². The van der Waals surface area contributed by atoms with Gasteiger partial charge in [-0.3, -0.25) is 0 Å². The lowest BCUT2D eigenvalue weighted by molar-refractivity contribution is 0.545. The Labute approximate surface area is 100 Å². The third kappa shape index (κ3) is 4.80. The molecule has 1 nitrogen and oxygen atoms in total. The van der Waals surface area contributed by atoms with E-state index in [1.807, 2.05) is 0 Å². The van der Waals surface area contributed by atoms with Crippen LogP contribution in [0.15, 0.2) is 24.3 Å². The molecule has 1 heteroatoms. The van der Waals surface area contributed by atoms with Crippen LogP contribution in [0.1, 0.15) is 50.2 Å². The first-order chi connectivity index (χ1) is 7.74. The summed E-state index contributed by atoms with van der Waals surface area (Å²) in [7, 11) is 0. The van der Waals surface area contributed by atoms with Crippen LogP contribution in [0.5, 0.6) is 0 Å². The summed E-state index contributed by atoms with van der Waals surface area (Å²) in [6.07, 6.45) is 7.44. The molecule has 1 atom stereocenters. The lowest BCUT2D eigenvalue weighted by atomic mass is 9.98. The first-order valence-corrected chi connectivity index (χ1v) is 6.54. The Morgan fingerprint density at radius 1 is 1.12 bits per heavy atom. The van der Waals surface area contributed by atoms with Gasteiger partial charge in [-0.1, -0.05) is 56.9 Å². The molecule has 1 aromatic rings. The van der Waals surface area contributed by atoms with Crippen molar-refractivity contribution in [3.8, 4) is 0 Å². The minimum absolute atomic E-state index is 0.331. The minimum Gasteiger partial charge on any atom is -0.327 e. The second kappa shape index (κ2) is 7.45. The van der Waals surface area contributed by atoms with Gasteiger partial charge in [-0.25, -0.2) is 0 Å². The van der Waals surface area contributed by atoms with Gasteiger partial charge in [-0.15, -0.1) is 0 Å². The largest absolute Gasteiger partial charge is 0.327 e. The fourth-order valence-electron chi connectivity index (χ4n) is 2.06. The monoisotopic (exact) mass is 219 g/mol. The normalized spacial score (nSPS) is 12.7. The minimum atomic E-state index is 0.331. The van der Waals surface area contributed by atoms with Crippen LogP contribution in [0.4, 0.5) is 0 Å². The molecule has 0 aliphatic carbocycles. The molecule has 16 heavy (non-hydrogen) atoms. The first-order valence-electron chi connectivity index (χ1n) is 6.54. The van der Waals surface area contributed by atoms with Crippen LogP contribution in [0.3, 0.4) is 0 Å². The van der Waals surface area contributed by atoms with Crippen molar-refractivity contribution < 1.29 is 0 Å². The van der Waals surface area contributed by atoms with Gasteiger partial charge in [0.25, 0.3) is 0 Å². The standard InChI is InChI=1S/C15H25N/c1-3-4-5-6-11-15(16)12-14-10-8-7-9-13(14)2/h7-10,15H,3-6,11-12,16H2,1-2H3. The molecule has 0 saturated carbocycles. The van der Waals surface area contributed by atoms with Crippen LogP contribution in [-0.4, -0.2) is 6.04 Å². The summed E-state index contributed by atoms with van der Waals surface area (Å²) in [6, 6.07) is 8.89. The molecule has 0 fully saturated rings. The topological polar surface area (TPSA) is 26.0 Å². The molecular weight excluding hydrogens is 194 g/mol. The number of hydrogen-bond acceptors (Lipinski definition) is 1. The van der Waals surface area contributed by atoms with Gasteiger partial charge in [0.1, 0.15) is 0 Å². The summed E-state index contributed by atoms with van der Waals surface area (Å²) >= 11 is 0. The van der Waals surface area contributed by atoms with Crippen molar-refractivity contribution in [1.82, 2.24) is 0 Å². The first kappa shape index (κ1) is 13.2. The molecule has 0 spiro atoms. The summed E-state index contributed by atoms with van der Waals surface area (Å²) in [5.74, 6) is 0. The maximum atomic E-state index is 6.16. The number of aryl methyl sites for hydroxylation is 1. The van der Waals surface area contributed by atoms with E-state index in [-0.39, 0.29) is 0 Å². The maximum Gasteiger partial charge on any atom is 0.00794 e. The Kier molecular flexibility index (Phi) is 6.17. The molecule has 0 aromatic heterocycles. The summed E-state index contributed by atoms with van der Waals surface area (Å²) in [5.41, 5.74) is 8.93. The predicted octanol–water partition coefficient (Wildman–Crippen LogP) is 3.84. The summed E-state index contributed by atoms with van der Waals surface area (Å²) < 4.78 is 0. The van der Waals surface area contributed by atoms with Gasteiger partial charge in [0.05, 0.1) is 0 Å². The molecule has 0 heterocycles. The maximum absolute atomic E-state index is 6.16. The molecule has 0 radical (unpaired) electrons. The van der Waals surface area contributed by atoms with Crippen molar-refractivity contribution in [3.05, 3.63) is 35.4 Å². The molecule has 0 bridgehead atoms. The highest BCUT2D eigenvalue weighted by Gasteiger charge is 2.05. The van der Waals surface area contributed by atoms with Crippen LogP contribution in [-0.2, 0) is 6.42 Å². The van der Waals surface area contributed by atoms with Crippen molar-refractivity contribution >= 4 is 0 Å². The van der Waals surface area contributed by atoms with Crippen molar-refractivity contribution in [3.63, 3.8) is 0 Å². The van der Waals surface area contributed by atoms with Crippen molar-refractivity contribution in [2.45, 2.75) is 58.4 Å². The van der Waals surface area contributed by atoms with Crippen LogP contribution in [0.2, 0.25) is 0 Å². The van der Waals surface area contributed by atoms with E-state index in [0.717, 1.165) is 12.8 Å². The van der Waals surface area contributed by atoms with Crippen LogP contribution in [0, 0.1) is 6.92 Å². The van der Waals surface area contributed by atoms with E-state index in [2.05, 4.69) is 38.1 Å². The van der Waals surface area contributed by atoms with Gasteiger partial charge in [-0.05, 0) is 30.9 Å². The van der Waals surface area contributed by atoms with Gasteiger partial charge in [0, 0.05) is 6.04 Å². The van der Waals surface area contributed by atoms with E-state index in [1.54, 1.807) is 0 Å². The van der Waals surface area contributed by atoms with Crippen LogP contribution >= 0.6 is 0 Å². The molecule has 1 rings (SSSR count). The molecular formula is C15H25N. The predicted molar refractivity (Wildman–Crippen MR) is 71.6 cm³/mol. The lowest BCUT2D eigenvalue weighted by Crippen LogP contribution is -2.23. The molecule has 0 aliphatic rings. The van der Waals surface area contributed by atoms with E-state index in [1.165, 1.54) is 36.8 Å². The lowest BCUT2D eigenvalue weighted by Gasteiger charge is -2.13. The van der Waals surface area contributed by atoms with E-state index < -0.39 is 0 Å². The number of rotatable bonds is 7. The van der Waals surface area contributed by atoms with Gasteiger partial charge < -0.3 is 5.73 Å². The molecule has 0 amide bonds. The second-order valence-electron chi connectivity index (χ2n) is 4.74. The fourth-order valence-corrected chi connectivity index (χ4v) is 2.06. The zero-order valence-corrected chi connectivity index (χ0v) is 10.7. The third-order valence-corrected chi connectivity index (χ3v) is 3.17. The Balaban J connectivity index is 2.28. The highest BCUT2D eigenvalue weighted by molar-refractivity contribution is 5.26. The molecule has 0 aliphatic heterocycles. The Morgan fingerprint density at radius 3 is 2.56 bits per heavy atom. The van der Waals surface area contributed by atoms with Gasteiger partial charge in [0.15, 0.2) is 0 Å². The average molecular weight is 219 g/mol. The number of hydrogen-bond donors (Lipinski definition) is 1. The zero-order valence-electron chi connectivity index (χ0n) is 10.7. The fraction of sp³-hybridized carbons (Fsp3) is 0.600. The smallest absolute Gasteiger partial charge is 0.00794 e. The van der Waals surface area contributed by atoms with E-state index in [9.17, 15) is 0 Å². The van der Waals surface area contributed by atoms with E-state index in [0.29, 0.717) is 6.04 Å². The number of nitrogens with two attached hydrogens (primary N) is 1. The van der Waals surface area contributed by atoms with Crippen LogP contribution in [0.25, 0.3) is 0 Å². The quantitative estimate of drug-likeness (QED) is 0.693. The van der Waals surface area contributed by atoms with Gasteiger partial charge >= 0.3 is 0 Å². The third-order valence-electron chi connectivity index (χ3n) is 3.17. The van der Waals surface area contributed by atoms with Gasteiger partial charge in [0.2, 0.25) is 0 Å². The SMILES string of the molecule is CCCCCCC(N)Cc1ccccc1C. The zero-order chi connectivity index (χ0) is 11.8. The molecule has 2 N–H and O–H groups in total. The average Bonchev–Trinajstić information content (AvgIpc) is 2.28. The Morgan fingerprint density at radius 2 is 1.88 bits per heavy atom. The summed E-state index contributed by atoms with van der Waals surface area (Å²) in [4.78, 5) is 0. The van der Waals surface area contributed by atoms with Crippen molar-refractivity contribution in [2.24, 2.45) is 5.73 Å². The van der Waals surface area contributed by atoms with Crippen molar-refractivity contribution in [2.75, 3.05) is 0 Å². The van der Waals surface area contributed by atoms with E-state index >= 15 is 0 Å². The Hall–Kier alpha value is -0.820. The number of benzene rings is 1. The number of unbranched alkanes of at least 4 members (excludes halogenated alkanes) is 3. The van der Waals surface area contributed by atoms with Crippen molar-refractivity contribution in [1.29, 1.82) is 0 Å². The Bertz CT molecular complexity index is 293. The molecule has 0 saturated heterocycles.